The molecule has 0 N–H and O–H groups in total. The molecular weight excluding hydrogens is 805 g/mol. The van der Waals surface area contributed by atoms with E-state index in [1.54, 1.807) is 0 Å². The molecule has 65 heavy (non-hydrogen) atoms. The number of ether oxygens (including phenoxy) is 3. The largest absolute Gasteiger partial charge is 0.462 e. The van der Waals surface area contributed by atoms with Crippen molar-refractivity contribution in [1.29, 1.82) is 0 Å². The summed E-state index contributed by atoms with van der Waals surface area (Å²) in [6.45, 7) is 6.33. The second-order valence-corrected chi connectivity index (χ2v) is 17.0. The molecule has 0 aromatic rings. The highest BCUT2D eigenvalue weighted by atomic mass is 16.6. The van der Waals surface area contributed by atoms with Gasteiger partial charge in [-0.2, -0.15) is 0 Å². The van der Waals surface area contributed by atoms with E-state index >= 15 is 0 Å². The van der Waals surface area contributed by atoms with E-state index in [0.29, 0.717) is 19.3 Å². The lowest BCUT2D eigenvalue weighted by Crippen LogP contribution is -2.30. The Labute approximate surface area is 400 Å². The average Bonchev–Trinajstić information content (AvgIpc) is 3.30. The number of allylic oxidation sites excluding steroid dienone is 18. The summed E-state index contributed by atoms with van der Waals surface area (Å²) in [5, 5.41) is 0. The predicted molar refractivity (Wildman–Crippen MR) is 279 cm³/mol. The first-order chi connectivity index (χ1) is 32.0. The molecule has 0 heterocycles. The number of carbonyl (C=O) groups excluding carboxylic acids is 3. The fourth-order valence-electron chi connectivity index (χ4n) is 6.83. The van der Waals surface area contributed by atoms with Crippen LogP contribution in [0, 0.1) is 0 Å². The molecule has 0 aliphatic carbocycles. The number of rotatable bonds is 46. The Balaban J connectivity index is 4.50. The summed E-state index contributed by atoms with van der Waals surface area (Å²) in [5.41, 5.74) is 0. The molecule has 0 unspecified atom stereocenters. The van der Waals surface area contributed by atoms with Gasteiger partial charge in [-0.25, -0.2) is 0 Å². The lowest BCUT2D eigenvalue weighted by Gasteiger charge is -2.18. The topological polar surface area (TPSA) is 78.9 Å². The lowest BCUT2D eigenvalue weighted by molar-refractivity contribution is -0.167. The minimum absolute atomic E-state index is 0.103. The number of carbonyl (C=O) groups is 3. The van der Waals surface area contributed by atoms with Gasteiger partial charge in [-0.15, -0.1) is 0 Å². The van der Waals surface area contributed by atoms with Crippen molar-refractivity contribution in [3.63, 3.8) is 0 Å². The van der Waals surface area contributed by atoms with Gasteiger partial charge in [0, 0.05) is 19.3 Å². The molecule has 0 saturated heterocycles. The highest BCUT2D eigenvalue weighted by molar-refractivity contribution is 5.71. The molecule has 6 nitrogen and oxygen atoms in total. The minimum Gasteiger partial charge on any atom is -0.462 e. The summed E-state index contributed by atoms with van der Waals surface area (Å²) in [5.74, 6) is -0.961. The summed E-state index contributed by atoms with van der Waals surface area (Å²) >= 11 is 0. The van der Waals surface area contributed by atoms with E-state index in [9.17, 15) is 14.4 Å². The molecule has 0 aliphatic rings. The summed E-state index contributed by atoms with van der Waals surface area (Å²) in [7, 11) is 0. The third kappa shape index (κ3) is 50.9. The zero-order valence-electron chi connectivity index (χ0n) is 42.0. The highest BCUT2D eigenvalue weighted by Crippen LogP contribution is 2.13. The highest BCUT2D eigenvalue weighted by Gasteiger charge is 2.19. The van der Waals surface area contributed by atoms with Crippen molar-refractivity contribution in [2.24, 2.45) is 0 Å². The Hall–Kier alpha value is -3.93. The third-order valence-electron chi connectivity index (χ3n) is 10.7. The van der Waals surface area contributed by atoms with Gasteiger partial charge in [0.1, 0.15) is 13.2 Å². The van der Waals surface area contributed by atoms with Gasteiger partial charge in [0.05, 0.1) is 0 Å². The van der Waals surface area contributed by atoms with Crippen LogP contribution >= 0.6 is 0 Å². The molecule has 0 aromatic heterocycles. The van der Waals surface area contributed by atoms with Crippen LogP contribution in [0.15, 0.2) is 109 Å². The van der Waals surface area contributed by atoms with Crippen molar-refractivity contribution in [3.05, 3.63) is 109 Å². The molecule has 6 heteroatoms. The van der Waals surface area contributed by atoms with Crippen LogP contribution in [0.3, 0.4) is 0 Å². The SMILES string of the molecule is CC/C=C\C/C=C\C/C=C\C/C=C\CCCCCCC(=O)OC[C@H](COC(=O)CCCCCCC/C=C\C/C=C\CCCCC)OC(=O)CCCCCCC/C=C\C/C=C\C/C=C\CC. The van der Waals surface area contributed by atoms with Gasteiger partial charge in [-0.3, -0.25) is 14.4 Å². The minimum atomic E-state index is -0.805. The second-order valence-electron chi connectivity index (χ2n) is 17.0. The van der Waals surface area contributed by atoms with E-state index < -0.39 is 6.10 Å². The number of unbranched alkanes of at least 4 members (excludes halogenated alkanes) is 17. The molecule has 0 amide bonds. The Kier molecular flexibility index (Phi) is 49.5. The van der Waals surface area contributed by atoms with Gasteiger partial charge in [-0.05, 0) is 122 Å². The second kappa shape index (κ2) is 52.7. The fraction of sp³-hybridized carbons (Fsp3) is 0.644. The molecular formula is C59H96O6. The van der Waals surface area contributed by atoms with Gasteiger partial charge < -0.3 is 14.2 Å². The van der Waals surface area contributed by atoms with Crippen molar-refractivity contribution >= 4 is 17.9 Å². The van der Waals surface area contributed by atoms with Gasteiger partial charge in [0.25, 0.3) is 0 Å². The normalized spacial score (nSPS) is 13.0. The summed E-state index contributed by atoms with van der Waals surface area (Å²) < 4.78 is 16.8. The smallest absolute Gasteiger partial charge is 0.306 e. The van der Waals surface area contributed by atoms with Crippen LogP contribution in [-0.2, 0) is 28.6 Å². The first kappa shape index (κ1) is 61.1. The van der Waals surface area contributed by atoms with Crippen molar-refractivity contribution in [2.45, 2.75) is 232 Å². The van der Waals surface area contributed by atoms with E-state index in [0.717, 1.165) is 161 Å². The van der Waals surface area contributed by atoms with Crippen LogP contribution in [-0.4, -0.2) is 37.2 Å². The monoisotopic (exact) mass is 901 g/mol. The van der Waals surface area contributed by atoms with Crippen LogP contribution in [0.4, 0.5) is 0 Å². The van der Waals surface area contributed by atoms with Crippen molar-refractivity contribution in [1.82, 2.24) is 0 Å². The van der Waals surface area contributed by atoms with E-state index in [1.807, 2.05) is 0 Å². The maximum Gasteiger partial charge on any atom is 0.306 e. The molecule has 1 atom stereocenters. The van der Waals surface area contributed by atoms with Crippen LogP contribution in [0.25, 0.3) is 0 Å². The first-order valence-corrected chi connectivity index (χ1v) is 26.4. The molecule has 368 valence electrons. The molecule has 0 rings (SSSR count). The van der Waals surface area contributed by atoms with Crippen molar-refractivity contribution in [2.75, 3.05) is 13.2 Å². The average molecular weight is 901 g/mol. The molecule has 0 aliphatic heterocycles. The zero-order valence-corrected chi connectivity index (χ0v) is 42.0. The van der Waals surface area contributed by atoms with Gasteiger partial charge in [-0.1, -0.05) is 194 Å². The van der Waals surface area contributed by atoms with E-state index in [2.05, 4.69) is 130 Å². The number of hydrogen-bond donors (Lipinski definition) is 0. The van der Waals surface area contributed by atoms with Crippen molar-refractivity contribution in [3.8, 4) is 0 Å². The summed E-state index contributed by atoms with van der Waals surface area (Å²) in [6.07, 6.45) is 70.6. The Morgan fingerprint density at radius 2 is 0.600 bits per heavy atom. The van der Waals surface area contributed by atoms with Crippen LogP contribution < -0.4 is 0 Å². The number of hydrogen-bond acceptors (Lipinski definition) is 6. The summed E-state index contributed by atoms with van der Waals surface area (Å²) in [4.78, 5) is 38.0. The molecule has 0 spiro atoms. The van der Waals surface area contributed by atoms with Crippen LogP contribution in [0.2, 0.25) is 0 Å². The fourth-order valence-corrected chi connectivity index (χ4v) is 6.83. The summed E-state index contributed by atoms with van der Waals surface area (Å²) in [6, 6.07) is 0. The van der Waals surface area contributed by atoms with Crippen molar-refractivity contribution < 1.29 is 28.6 Å². The molecule has 0 saturated carbocycles. The number of esters is 3. The third-order valence-corrected chi connectivity index (χ3v) is 10.7. The van der Waals surface area contributed by atoms with Crippen LogP contribution in [0.5, 0.6) is 0 Å². The molecule has 0 bridgehead atoms. The maximum atomic E-state index is 12.8. The maximum absolute atomic E-state index is 12.8. The molecule has 0 radical (unpaired) electrons. The van der Waals surface area contributed by atoms with E-state index in [-0.39, 0.29) is 31.1 Å². The van der Waals surface area contributed by atoms with Gasteiger partial charge >= 0.3 is 17.9 Å². The predicted octanol–water partition coefficient (Wildman–Crippen LogP) is 17.5. The quantitative estimate of drug-likeness (QED) is 0.0262. The standard InChI is InChI=1S/C59H96O6/c1-4-7-10-13-16-19-22-25-28-29-32-34-37-40-43-46-49-52-58(61)64-55-56(65-59(62)53-50-47-44-41-38-35-31-27-24-21-18-15-12-9-6-3)54-63-57(60)51-48-45-42-39-36-33-30-26-23-20-17-14-11-8-5-2/h7,9-10,12,16-21,25-28,30-32,34,56H,4-6,8,11,13-15,22-24,29,33,35-55H2,1-3H3/b10-7-,12-9-,19-16-,20-17-,21-18-,28-25-,30-26-,31-27-,34-32-/t56-/m0/s1. The molecule has 0 aromatic carbocycles. The lowest BCUT2D eigenvalue weighted by atomic mass is 10.1. The van der Waals surface area contributed by atoms with Gasteiger partial charge in [0.15, 0.2) is 6.10 Å². The Morgan fingerprint density at radius 1 is 0.323 bits per heavy atom. The Morgan fingerprint density at radius 3 is 0.938 bits per heavy atom. The first-order valence-electron chi connectivity index (χ1n) is 26.4. The van der Waals surface area contributed by atoms with E-state index in [4.69, 9.17) is 14.2 Å². The van der Waals surface area contributed by atoms with E-state index in [1.165, 1.54) is 25.7 Å². The Bertz CT molecular complexity index is 1360. The molecule has 0 fully saturated rings. The zero-order chi connectivity index (χ0) is 47.2. The van der Waals surface area contributed by atoms with Crippen LogP contribution in [0.1, 0.15) is 226 Å². The van der Waals surface area contributed by atoms with Gasteiger partial charge in [0.2, 0.25) is 0 Å².